The van der Waals surface area contributed by atoms with Crippen LogP contribution < -0.4 is 37.0 Å². The number of anilines is 8. The molecule has 0 atom stereocenters. The van der Waals surface area contributed by atoms with Gasteiger partial charge >= 0.3 is 0 Å². The smallest absolute Gasteiger partial charge is 0.229 e. The van der Waals surface area contributed by atoms with Crippen molar-refractivity contribution in [3.05, 3.63) is 97.1 Å². The summed E-state index contributed by atoms with van der Waals surface area (Å²) < 4.78 is 0. The van der Waals surface area contributed by atoms with Crippen LogP contribution in [0.15, 0.2) is 97.1 Å². The Kier molecular flexibility index (Phi) is 9.42. The number of aromatic nitrogens is 6. The lowest BCUT2D eigenvalue weighted by Gasteiger charge is -2.32. The van der Waals surface area contributed by atoms with Crippen LogP contribution in [0, 0.1) is 0 Å². The summed E-state index contributed by atoms with van der Waals surface area (Å²) in [4.78, 5) is 26.2. The molecule has 50 heavy (non-hydrogen) atoms. The number of thiazole rings is 1. The molecule has 0 saturated heterocycles. The van der Waals surface area contributed by atoms with Crippen molar-refractivity contribution < 1.29 is 0 Å². The van der Waals surface area contributed by atoms with E-state index in [2.05, 4.69) is 52.9 Å². The standard InChI is InChI=1S/C36H41N13S/c1-4-13-25(14-5-1)40-28-19-12-20-29-31(28)42-35(41-29)48(47-30-21-10-11-22-37-30)32-33(44-34-38-23-24-39-34)50-36(43-32)49(45-26-15-6-2-7-16-26)46-27-17-8-3-9-18-27/h1,4-5,10-15,19-24,27,40,45-46H,2-3,6-9,16-18H2,(H,37,47)(H,41,42)(H2,38,39,44). The number of para-hydroxylation sites is 2. The summed E-state index contributed by atoms with van der Waals surface area (Å²) in [7, 11) is 0. The number of allylic oxidation sites excluding steroid dienone is 2. The van der Waals surface area contributed by atoms with Gasteiger partial charge in [-0.05, 0) is 74.9 Å². The molecule has 2 aromatic carbocycles. The second-order valence-electron chi connectivity index (χ2n) is 12.5. The summed E-state index contributed by atoms with van der Waals surface area (Å²) in [5, 5.41) is 12.4. The molecule has 13 nitrogen and oxygen atoms in total. The van der Waals surface area contributed by atoms with E-state index in [1.165, 1.54) is 49.1 Å². The first-order chi connectivity index (χ1) is 24.7. The third-order valence-electron chi connectivity index (χ3n) is 8.86. The van der Waals surface area contributed by atoms with Crippen molar-refractivity contribution in [3.63, 3.8) is 0 Å². The van der Waals surface area contributed by atoms with E-state index in [1.807, 2.05) is 76.9 Å². The Morgan fingerprint density at radius 2 is 1.70 bits per heavy atom. The Morgan fingerprint density at radius 1 is 0.800 bits per heavy atom. The molecule has 6 aromatic rings. The minimum absolute atomic E-state index is 0.350. The fourth-order valence-corrected chi connectivity index (χ4v) is 7.24. The molecular formula is C36H41N13S. The molecule has 2 aliphatic carbocycles. The molecule has 0 amide bonds. The lowest BCUT2D eigenvalue weighted by molar-refractivity contribution is 0.350. The van der Waals surface area contributed by atoms with Gasteiger partial charge in [-0.25, -0.2) is 25.4 Å². The van der Waals surface area contributed by atoms with E-state index in [-0.39, 0.29) is 0 Å². The van der Waals surface area contributed by atoms with Crippen LogP contribution in [0.25, 0.3) is 11.0 Å². The molecule has 4 aromatic heterocycles. The second kappa shape index (κ2) is 14.9. The van der Waals surface area contributed by atoms with Gasteiger partial charge < -0.3 is 20.6 Å². The lowest BCUT2D eigenvalue weighted by atomic mass is 9.96. The zero-order valence-corrected chi connectivity index (χ0v) is 28.5. The average molecular weight is 688 g/mol. The fourth-order valence-electron chi connectivity index (χ4n) is 6.36. The Bertz CT molecular complexity index is 2000. The van der Waals surface area contributed by atoms with E-state index in [1.54, 1.807) is 18.6 Å². The molecule has 0 bridgehead atoms. The Morgan fingerprint density at radius 3 is 2.50 bits per heavy atom. The van der Waals surface area contributed by atoms with E-state index < -0.39 is 0 Å². The predicted octanol–water partition coefficient (Wildman–Crippen LogP) is 8.40. The number of fused-ring (bicyclic) bond motifs is 1. The van der Waals surface area contributed by atoms with Crippen LogP contribution in [-0.4, -0.2) is 35.9 Å². The number of H-pyrrole nitrogens is 2. The van der Waals surface area contributed by atoms with Gasteiger partial charge in [0.2, 0.25) is 17.0 Å². The number of pyridine rings is 1. The number of nitrogens with zero attached hydrogens (tertiary/aromatic N) is 6. The molecule has 1 fully saturated rings. The summed E-state index contributed by atoms with van der Waals surface area (Å²) in [6.07, 6.45) is 18.0. The highest BCUT2D eigenvalue weighted by Gasteiger charge is 2.28. The van der Waals surface area contributed by atoms with E-state index in [4.69, 9.17) is 9.97 Å². The van der Waals surface area contributed by atoms with E-state index >= 15 is 0 Å². The zero-order chi connectivity index (χ0) is 33.5. The van der Waals surface area contributed by atoms with Crippen LogP contribution >= 0.6 is 11.3 Å². The Hall–Kier alpha value is -5.60. The van der Waals surface area contributed by atoms with E-state index in [9.17, 15) is 0 Å². The number of hydrogen-bond acceptors (Lipinski definition) is 12. The number of benzene rings is 2. The van der Waals surface area contributed by atoms with Gasteiger partial charge in [0.05, 0.1) is 16.7 Å². The van der Waals surface area contributed by atoms with Crippen LogP contribution in [0.4, 0.5) is 45.0 Å². The minimum Gasteiger partial charge on any atom is -0.354 e. The molecule has 0 unspecified atom stereocenters. The Labute approximate surface area is 294 Å². The number of hydrazine groups is 3. The van der Waals surface area contributed by atoms with Crippen molar-refractivity contribution in [3.8, 4) is 0 Å². The van der Waals surface area contributed by atoms with Gasteiger partial charge in [-0.3, -0.25) is 10.9 Å². The average Bonchev–Trinajstić information content (AvgIpc) is 3.94. The molecule has 8 rings (SSSR count). The minimum atomic E-state index is 0.350. The van der Waals surface area contributed by atoms with Crippen LogP contribution in [0.2, 0.25) is 0 Å². The number of aromatic amines is 2. The zero-order valence-electron chi connectivity index (χ0n) is 27.7. The molecule has 2 aliphatic rings. The summed E-state index contributed by atoms with van der Waals surface area (Å²) in [6.45, 7) is 0. The third-order valence-corrected chi connectivity index (χ3v) is 9.80. The maximum atomic E-state index is 5.30. The lowest BCUT2D eigenvalue weighted by Crippen LogP contribution is -2.53. The van der Waals surface area contributed by atoms with E-state index in [0.717, 1.165) is 58.2 Å². The number of hydrogen-bond donors (Lipinski definition) is 7. The second-order valence-corrected chi connectivity index (χ2v) is 13.5. The van der Waals surface area contributed by atoms with Gasteiger partial charge in [0.25, 0.3) is 0 Å². The molecule has 4 heterocycles. The third kappa shape index (κ3) is 7.36. The highest BCUT2D eigenvalue weighted by Crippen LogP contribution is 2.41. The van der Waals surface area contributed by atoms with Crippen molar-refractivity contribution in [2.24, 2.45) is 0 Å². The first-order valence-electron chi connectivity index (χ1n) is 17.3. The van der Waals surface area contributed by atoms with Gasteiger partial charge in [0.1, 0.15) is 10.8 Å². The van der Waals surface area contributed by atoms with Crippen molar-refractivity contribution in [1.29, 1.82) is 0 Å². The molecular weight excluding hydrogens is 647 g/mol. The molecule has 0 aliphatic heterocycles. The number of imidazole rings is 2. The molecule has 7 N–H and O–H groups in total. The molecule has 0 radical (unpaired) electrons. The highest BCUT2D eigenvalue weighted by atomic mass is 32.1. The summed E-state index contributed by atoms with van der Waals surface area (Å²) in [6, 6.07) is 22.3. The van der Waals surface area contributed by atoms with Crippen LogP contribution in [-0.2, 0) is 0 Å². The Balaban J connectivity index is 1.22. The topological polar surface area (TPSA) is 150 Å². The predicted molar refractivity (Wildman–Crippen MR) is 202 cm³/mol. The summed E-state index contributed by atoms with van der Waals surface area (Å²) in [5.74, 6) is 2.38. The number of nitrogens with one attached hydrogen (secondary N) is 7. The van der Waals surface area contributed by atoms with Gasteiger partial charge in [0, 0.05) is 36.0 Å². The van der Waals surface area contributed by atoms with Gasteiger partial charge in [-0.15, -0.1) is 0 Å². The van der Waals surface area contributed by atoms with Crippen molar-refractivity contribution >= 4 is 67.4 Å². The molecule has 256 valence electrons. The first kappa shape index (κ1) is 31.7. The van der Waals surface area contributed by atoms with Gasteiger partial charge in [-0.1, -0.05) is 67.0 Å². The first-order valence-corrected chi connectivity index (χ1v) is 18.1. The van der Waals surface area contributed by atoms with Crippen molar-refractivity contribution in [2.45, 2.75) is 63.8 Å². The maximum absolute atomic E-state index is 5.30. The fraction of sp³-hybridized carbons (Fsp3) is 0.278. The SMILES string of the molecule is C1=C(NN(NC2CCCCC2)c2nc(N(Nc3ccccn3)c3nc4cccc(Nc5ccccc5)c4[nH]3)c(Nc3ncc[nH]3)s2)CCCC1. The van der Waals surface area contributed by atoms with Gasteiger partial charge in [-0.2, -0.15) is 10.1 Å². The van der Waals surface area contributed by atoms with Crippen molar-refractivity contribution in [2.75, 3.05) is 26.2 Å². The summed E-state index contributed by atoms with van der Waals surface area (Å²) in [5.41, 5.74) is 15.7. The van der Waals surface area contributed by atoms with Crippen LogP contribution in [0.5, 0.6) is 0 Å². The molecule has 1 saturated carbocycles. The van der Waals surface area contributed by atoms with Crippen LogP contribution in [0.1, 0.15) is 57.8 Å². The molecule has 0 spiro atoms. The van der Waals surface area contributed by atoms with E-state index in [0.29, 0.717) is 29.6 Å². The highest BCUT2D eigenvalue weighted by molar-refractivity contribution is 7.20. The van der Waals surface area contributed by atoms with Crippen molar-refractivity contribution in [1.82, 2.24) is 40.8 Å². The normalized spacial score (nSPS) is 15.0. The number of rotatable bonds is 13. The quantitative estimate of drug-likeness (QED) is 0.0587. The van der Waals surface area contributed by atoms with Crippen LogP contribution in [0.3, 0.4) is 0 Å². The largest absolute Gasteiger partial charge is 0.354 e. The monoisotopic (exact) mass is 687 g/mol. The maximum Gasteiger partial charge on any atom is 0.229 e. The molecule has 14 heteroatoms. The summed E-state index contributed by atoms with van der Waals surface area (Å²) >= 11 is 1.52. The van der Waals surface area contributed by atoms with Gasteiger partial charge in [0.15, 0.2) is 5.82 Å².